The number of benzene rings is 1. The zero-order chi connectivity index (χ0) is 12.5. The van der Waals surface area contributed by atoms with E-state index in [4.69, 9.17) is 4.42 Å². The molecule has 1 fully saturated rings. The summed E-state index contributed by atoms with van der Waals surface area (Å²) in [7, 11) is 2.03. The van der Waals surface area contributed by atoms with Crippen LogP contribution < -0.4 is 5.32 Å². The van der Waals surface area contributed by atoms with Gasteiger partial charge in [-0.2, -0.15) is 0 Å². The van der Waals surface area contributed by atoms with Crippen LogP contribution in [0.4, 0.5) is 0 Å². The highest BCUT2D eigenvalue weighted by atomic mass is 16.3. The SMILES string of the molecule is CCCc1ccc2oc(C(NC)C3CC3)cc2c1. The van der Waals surface area contributed by atoms with Crippen LogP contribution >= 0.6 is 0 Å². The van der Waals surface area contributed by atoms with E-state index in [2.05, 4.69) is 36.5 Å². The number of aryl methyl sites for hydroxylation is 1. The predicted octanol–water partition coefficient (Wildman–Crippen LogP) is 4.06. The Morgan fingerprint density at radius 1 is 1.33 bits per heavy atom. The third-order valence-corrected chi connectivity index (χ3v) is 3.85. The van der Waals surface area contributed by atoms with Gasteiger partial charge < -0.3 is 9.73 Å². The molecule has 0 bridgehead atoms. The summed E-state index contributed by atoms with van der Waals surface area (Å²) in [6, 6.07) is 9.18. The van der Waals surface area contributed by atoms with E-state index in [-0.39, 0.29) is 0 Å². The lowest BCUT2D eigenvalue weighted by Crippen LogP contribution is -2.17. The molecule has 1 aliphatic carbocycles. The van der Waals surface area contributed by atoms with Gasteiger partial charge >= 0.3 is 0 Å². The minimum Gasteiger partial charge on any atom is -0.459 e. The molecule has 1 saturated carbocycles. The molecule has 1 N–H and O–H groups in total. The van der Waals surface area contributed by atoms with Crippen molar-refractivity contribution in [1.82, 2.24) is 5.32 Å². The Bertz CT molecular complexity index is 539. The second-order valence-electron chi connectivity index (χ2n) is 5.37. The van der Waals surface area contributed by atoms with Gasteiger partial charge in [0.2, 0.25) is 0 Å². The maximum atomic E-state index is 5.99. The molecule has 2 heteroatoms. The van der Waals surface area contributed by atoms with Crippen molar-refractivity contribution in [2.45, 2.75) is 38.6 Å². The molecule has 0 amide bonds. The molecular formula is C16H21NO. The van der Waals surface area contributed by atoms with E-state index < -0.39 is 0 Å². The largest absolute Gasteiger partial charge is 0.459 e. The Hall–Kier alpha value is -1.28. The maximum Gasteiger partial charge on any atom is 0.134 e. The number of hydrogen-bond acceptors (Lipinski definition) is 2. The molecule has 2 nitrogen and oxygen atoms in total. The van der Waals surface area contributed by atoms with Crippen molar-refractivity contribution in [3.05, 3.63) is 35.6 Å². The summed E-state index contributed by atoms with van der Waals surface area (Å²) in [5.41, 5.74) is 2.43. The van der Waals surface area contributed by atoms with Crippen LogP contribution in [0.2, 0.25) is 0 Å². The fraction of sp³-hybridized carbons (Fsp3) is 0.500. The van der Waals surface area contributed by atoms with E-state index in [9.17, 15) is 0 Å². The van der Waals surface area contributed by atoms with Gasteiger partial charge in [0.1, 0.15) is 11.3 Å². The van der Waals surface area contributed by atoms with Crippen LogP contribution in [0.1, 0.15) is 43.6 Å². The van der Waals surface area contributed by atoms with E-state index >= 15 is 0 Å². The van der Waals surface area contributed by atoms with E-state index in [1.54, 1.807) is 0 Å². The van der Waals surface area contributed by atoms with E-state index in [0.29, 0.717) is 6.04 Å². The lowest BCUT2D eigenvalue weighted by Gasteiger charge is -2.11. The first-order valence-electron chi connectivity index (χ1n) is 7.01. The smallest absolute Gasteiger partial charge is 0.134 e. The lowest BCUT2D eigenvalue weighted by molar-refractivity contribution is 0.419. The third-order valence-electron chi connectivity index (χ3n) is 3.85. The van der Waals surface area contributed by atoms with Gasteiger partial charge in [-0.05, 0) is 56.0 Å². The van der Waals surface area contributed by atoms with Gasteiger partial charge in [-0.15, -0.1) is 0 Å². The number of rotatable bonds is 5. The summed E-state index contributed by atoms with van der Waals surface area (Å²) in [5, 5.41) is 4.63. The molecular weight excluding hydrogens is 222 g/mol. The molecule has 1 aliphatic rings. The van der Waals surface area contributed by atoms with Crippen molar-refractivity contribution >= 4 is 11.0 Å². The highest BCUT2D eigenvalue weighted by Crippen LogP contribution is 2.42. The molecule has 1 atom stereocenters. The third kappa shape index (κ3) is 2.17. The summed E-state index contributed by atoms with van der Waals surface area (Å²) in [6.45, 7) is 2.22. The molecule has 96 valence electrons. The lowest BCUT2D eigenvalue weighted by atomic mass is 10.1. The highest BCUT2D eigenvalue weighted by Gasteiger charge is 2.33. The molecule has 1 aromatic heterocycles. The fourth-order valence-electron chi connectivity index (χ4n) is 2.75. The van der Waals surface area contributed by atoms with Crippen LogP contribution in [0, 0.1) is 5.92 Å². The second-order valence-corrected chi connectivity index (χ2v) is 5.37. The molecule has 0 spiro atoms. The summed E-state index contributed by atoms with van der Waals surface area (Å²) in [4.78, 5) is 0. The first-order chi connectivity index (χ1) is 8.81. The number of fused-ring (bicyclic) bond motifs is 1. The normalized spacial score (nSPS) is 17.2. The molecule has 1 heterocycles. The molecule has 1 aromatic carbocycles. The van der Waals surface area contributed by atoms with E-state index in [0.717, 1.165) is 23.7 Å². The summed E-state index contributed by atoms with van der Waals surface area (Å²) >= 11 is 0. The second kappa shape index (κ2) is 4.77. The van der Waals surface area contributed by atoms with Gasteiger partial charge in [0.25, 0.3) is 0 Å². The average Bonchev–Trinajstić information content (AvgIpc) is 3.10. The van der Waals surface area contributed by atoms with Crippen molar-refractivity contribution < 1.29 is 4.42 Å². The van der Waals surface area contributed by atoms with E-state index in [1.165, 1.54) is 30.2 Å². The van der Waals surface area contributed by atoms with Gasteiger partial charge in [-0.1, -0.05) is 19.4 Å². The van der Waals surface area contributed by atoms with Crippen molar-refractivity contribution in [2.75, 3.05) is 7.05 Å². The van der Waals surface area contributed by atoms with Crippen molar-refractivity contribution in [1.29, 1.82) is 0 Å². The van der Waals surface area contributed by atoms with Crippen LogP contribution in [0.5, 0.6) is 0 Å². The van der Waals surface area contributed by atoms with Crippen molar-refractivity contribution in [3.63, 3.8) is 0 Å². The van der Waals surface area contributed by atoms with Crippen LogP contribution in [-0.2, 0) is 6.42 Å². The van der Waals surface area contributed by atoms with Crippen molar-refractivity contribution in [3.8, 4) is 0 Å². The Labute approximate surface area is 108 Å². The van der Waals surface area contributed by atoms with Gasteiger partial charge in [0.15, 0.2) is 0 Å². The first-order valence-corrected chi connectivity index (χ1v) is 7.01. The van der Waals surface area contributed by atoms with Crippen molar-refractivity contribution in [2.24, 2.45) is 5.92 Å². The quantitative estimate of drug-likeness (QED) is 0.856. The summed E-state index contributed by atoms with van der Waals surface area (Å²) in [5.74, 6) is 1.87. The maximum absolute atomic E-state index is 5.99. The molecule has 1 unspecified atom stereocenters. The van der Waals surface area contributed by atoms with Gasteiger partial charge in [0, 0.05) is 5.39 Å². The highest BCUT2D eigenvalue weighted by molar-refractivity contribution is 5.78. The number of hydrogen-bond donors (Lipinski definition) is 1. The Balaban J connectivity index is 1.94. The number of furan rings is 1. The molecule has 0 saturated heterocycles. The molecule has 3 rings (SSSR count). The Morgan fingerprint density at radius 2 is 2.17 bits per heavy atom. The Morgan fingerprint density at radius 3 is 2.83 bits per heavy atom. The minimum atomic E-state index is 0.395. The molecule has 18 heavy (non-hydrogen) atoms. The fourth-order valence-corrected chi connectivity index (χ4v) is 2.75. The molecule has 0 radical (unpaired) electrons. The Kier molecular flexibility index (Phi) is 3.13. The van der Waals surface area contributed by atoms with Gasteiger partial charge in [-0.25, -0.2) is 0 Å². The first kappa shape index (κ1) is 11.8. The van der Waals surface area contributed by atoms with Crippen LogP contribution in [0.25, 0.3) is 11.0 Å². The van der Waals surface area contributed by atoms with Gasteiger partial charge in [0.05, 0.1) is 6.04 Å². The van der Waals surface area contributed by atoms with Crippen LogP contribution in [0.15, 0.2) is 28.7 Å². The molecule has 2 aromatic rings. The van der Waals surface area contributed by atoms with Gasteiger partial charge in [-0.3, -0.25) is 0 Å². The zero-order valence-electron chi connectivity index (χ0n) is 11.2. The average molecular weight is 243 g/mol. The van der Waals surface area contributed by atoms with Crippen LogP contribution in [-0.4, -0.2) is 7.05 Å². The standard InChI is InChI=1S/C16H21NO/c1-3-4-11-5-8-14-13(9-11)10-15(18-14)16(17-2)12-6-7-12/h5,8-10,12,16-17H,3-4,6-7H2,1-2H3. The minimum absolute atomic E-state index is 0.395. The monoisotopic (exact) mass is 243 g/mol. The predicted molar refractivity (Wildman–Crippen MR) is 74.7 cm³/mol. The van der Waals surface area contributed by atoms with E-state index in [1.807, 2.05) is 7.05 Å². The topological polar surface area (TPSA) is 25.2 Å². The zero-order valence-corrected chi connectivity index (χ0v) is 11.2. The summed E-state index contributed by atoms with van der Waals surface area (Å²) < 4.78 is 5.99. The number of nitrogens with one attached hydrogen (secondary N) is 1. The summed E-state index contributed by atoms with van der Waals surface area (Å²) in [6.07, 6.45) is 4.99. The van der Waals surface area contributed by atoms with Crippen LogP contribution in [0.3, 0.4) is 0 Å². The molecule has 0 aliphatic heterocycles.